The van der Waals surface area contributed by atoms with Gasteiger partial charge in [-0.15, -0.1) is 0 Å². The van der Waals surface area contributed by atoms with Gasteiger partial charge in [-0.1, -0.05) is 64.3 Å². The third-order valence-electron chi connectivity index (χ3n) is 5.20. The van der Waals surface area contributed by atoms with Crippen molar-refractivity contribution >= 4 is 0 Å². The molecule has 0 N–H and O–H groups in total. The van der Waals surface area contributed by atoms with E-state index in [0.717, 1.165) is 44.9 Å². The van der Waals surface area contributed by atoms with Crippen molar-refractivity contribution in [1.29, 1.82) is 5.26 Å². The van der Waals surface area contributed by atoms with Crippen molar-refractivity contribution < 1.29 is 0 Å². The van der Waals surface area contributed by atoms with E-state index < -0.39 is 0 Å². The van der Waals surface area contributed by atoms with Crippen LogP contribution in [-0.4, -0.2) is 0 Å². The van der Waals surface area contributed by atoms with Gasteiger partial charge < -0.3 is 0 Å². The van der Waals surface area contributed by atoms with Gasteiger partial charge >= 0.3 is 0 Å². The molecule has 1 nitrogen and oxygen atoms in total. The lowest BCUT2D eigenvalue weighted by atomic mass is 10.0. The normalized spacial score (nSPS) is 13.6. The van der Waals surface area contributed by atoms with E-state index in [1.165, 1.54) is 47.1 Å². The average molecular weight is 408 g/mol. The van der Waals surface area contributed by atoms with Crippen molar-refractivity contribution in [2.75, 3.05) is 0 Å². The van der Waals surface area contributed by atoms with Gasteiger partial charge in [0.2, 0.25) is 0 Å². The molecule has 0 aromatic heterocycles. The molecule has 0 unspecified atom stereocenters. The van der Waals surface area contributed by atoms with E-state index >= 15 is 0 Å². The molecule has 1 heteroatoms. The highest BCUT2D eigenvalue weighted by Crippen LogP contribution is 2.14. The molecule has 0 rings (SSSR count). The van der Waals surface area contributed by atoms with Crippen LogP contribution in [-0.2, 0) is 0 Å². The van der Waals surface area contributed by atoms with Gasteiger partial charge in [-0.3, -0.25) is 0 Å². The first kappa shape index (κ1) is 27.9. The van der Waals surface area contributed by atoms with Crippen molar-refractivity contribution in [2.24, 2.45) is 0 Å². The quantitative estimate of drug-likeness (QED) is 0.150. The standard InChI is InChI=1S/C29H45N/c1-25(2)15-12-19-29(6)23-14-22-28(5)18-10-9-17-27(4)21-13-20-26(3)16-8-7-11-24-30/h7,11,15,17-18,20,23H,8-10,12-14,16,19,21-22H2,1-6H3/b11-7+,26-20+,27-17+,28-18+,29-23+. The molecule has 0 spiro atoms. The Balaban J connectivity index is 4.04. The molecule has 30 heavy (non-hydrogen) atoms. The van der Waals surface area contributed by atoms with Gasteiger partial charge in [0.05, 0.1) is 6.07 Å². The van der Waals surface area contributed by atoms with Gasteiger partial charge in [0.1, 0.15) is 0 Å². The van der Waals surface area contributed by atoms with Gasteiger partial charge in [0.15, 0.2) is 0 Å². The zero-order valence-electron chi connectivity index (χ0n) is 20.6. The van der Waals surface area contributed by atoms with Crippen molar-refractivity contribution in [3.05, 3.63) is 70.4 Å². The summed E-state index contributed by atoms with van der Waals surface area (Å²) in [6.07, 6.45) is 26.7. The second-order valence-corrected chi connectivity index (χ2v) is 8.75. The van der Waals surface area contributed by atoms with E-state index in [2.05, 4.69) is 71.9 Å². The number of nitriles is 1. The maximum atomic E-state index is 8.49. The van der Waals surface area contributed by atoms with Crippen LogP contribution in [0.15, 0.2) is 70.4 Å². The van der Waals surface area contributed by atoms with Crippen LogP contribution in [0.4, 0.5) is 0 Å². The monoisotopic (exact) mass is 407 g/mol. The maximum Gasteiger partial charge on any atom is 0.0908 e. The summed E-state index contributed by atoms with van der Waals surface area (Å²) in [4.78, 5) is 0. The van der Waals surface area contributed by atoms with E-state index in [1.54, 1.807) is 6.08 Å². The molecule has 0 fully saturated rings. The lowest BCUT2D eigenvalue weighted by Crippen LogP contribution is -1.82. The molecule has 0 saturated heterocycles. The highest BCUT2D eigenvalue weighted by atomic mass is 14.2. The van der Waals surface area contributed by atoms with Crippen LogP contribution in [0.3, 0.4) is 0 Å². The van der Waals surface area contributed by atoms with Crippen molar-refractivity contribution in [2.45, 2.75) is 106 Å². The average Bonchev–Trinajstić information content (AvgIpc) is 2.68. The van der Waals surface area contributed by atoms with Gasteiger partial charge in [0.25, 0.3) is 0 Å². The summed E-state index contributed by atoms with van der Waals surface area (Å²) >= 11 is 0. The Morgan fingerprint density at radius 2 is 0.900 bits per heavy atom. The lowest BCUT2D eigenvalue weighted by Gasteiger charge is -2.02. The molecular formula is C29H45N. The Hall–Kier alpha value is -2.07. The third kappa shape index (κ3) is 19.3. The minimum Gasteiger partial charge on any atom is -0.193 e. The zero-order valence-corrected chi connectivity index (χ0v) is 20.6. The molecule has 0 heterocycles. The number of nitrogens with zero attached hydrogens (tertiary/aromatic N) is 1. The fourth-order valence-electron chi connectivity index (χ4n) is 3.20. The summed E-state index contributed by atoms with van der Waals surface area (Å²) in [5, 5.41) is 8.49. The van der Waals surface area contributed by atoms with Gasteiger partial charge in [-0.2, -0.15) is 5.26 Å². The second-order valence-electron chi connectivity index (χ2n) is 8.75. The first-order chi connectivity index (χ1) is 14.3. The summed E-state index contributed by atoms with van der Waals surface area (Å²) in [5.41, 5.74) is 7.35. The fourth-order valence-corrected chi connectivity index (χ4v) is 3.20. The highest BCUT2D eigenvalue weighted by Gasteiger charge is 1.94. The summed E-state index contributed by atoms with van der Waals surface area (Å²) in [6, 6.07) is 2.04. The van der Waals surface area contributed by atoms with E-state index in [0.29, 0.717) is 0 Å². The highest BCUT2D eigenvalue weighted by molar-refractivity contribution is 5.08. The Labute approximate surface area is 187 Å². The van der Waals surface area contributed by atoms with Crippen molar-refractivity contribution in [1.82, 2.24) is 0 Å². The SMILES string of the molecule is CC(C)=CCC/C(C)=C/CC/C(C)=C/CC/C=C(\C)CC/C=C(\C)CC/C=C/C#N. The Morgan fingerprint density at radius 1 is 0.533 bits per heavy atom. The van der Waals surface area contributed by atoms with Crippen LogP contribution in [0.5, 0.6) is 0 Å². The van der Waals surface area contributed by atoms with E-state index in [4.69, 9.17) is 5.26 Å². The fraction of sp³-hybridized carbons (Fsp3) is 0.552. The van der Waals surface area contributed by atoms with Crippen LogP contribution in [0.2, 0.25) is 0 Å². The predicted molar refractivity (Wildman–Crippen MR) is 135 cm³/mol. The van der Waals surface area contributed by atoms with Crippen LogP contribution < -0.4 is 0 Å². The minimum absolute atomic E-state index is 0.960. The Kier molecular flexibility index (Phi) is 17.6. The largest absolute Gasteiger partial charge is 0.193 e. The van der Waals surface area contributed by atoms with Crippen LogP contribution in [0.25, 0.3) is 0 Å². The molecule has 166 valence electrons. The number of rotatable bonds is 15. The third-order valence-corrected chi connectivity index (χ3v) is 5.20. The van der Waals surface area contributed by atoms with Crippen LogP contribution in [0.1, 0.15) is 106 Å². The van der Waals surface area contributed by atoms with Gasteiger partial charge in [-0.05, 0) is 106 Å². The molecule has 0 aliphatic carbocycles. The number of hydrogen-bond donors (Lipinski definition) is 0. The predicted octanol–water partition coefficient (Wildman–Crippen LogP) is 9.72. The maximum absolute atomic E-state index is 8.49. The molecule has 0 aliphatic rings. The minimum atomic E-state index is 0.960. The molecule has 0 radical (unpaired) electrons. The number of unbranched alkanes of at least 4 members (excludes halogenated alkanes) is 1. The molecule has 0 saturated carbocycles. The lowest BCUT2D eigenvalue weighted by molar-refractivity contribution is 0.897. The number of hydrogen-bond acceptors (Lipinski definition) is 1. The van der Waals surface area contributed by atoms with E-state index in [-0.39, 0.29) is 0 Å². The van der Waals surface area contributed by atoms with Crippen molar-refractivity contribution in [3.63, 3.8) is 0 Å². The van der Waals surface area contributed by atoms with Crippen LogP contribution in [0, 0.1) is 11.3 Å². The molecule has 0 bridgehead atoms. The summed E-state index contributed by atoms with van der Waals surface area (Å²) < 4.78 is 0. The van der Waals surface area contributed by atoms with E-state index in [9.17, 15) is 0 Å². The second kappa shape index (κ2) is 18.9. The summed E-state index contributed by atoms with van der Waals surface area (Å²) in [6.45, 7) is 13.3. The molecule has 0 amide bonds. The summed E-state index contributed by atoms with van der Waals surface area (Å²) in [7, 11) is 0. The first-order valence-electron chi connectivity index (χ1n) is 11.7. The number of allylic oxidation sites excluding steroid dienone is 12. The molecule has 0 aromatic carbocycles. The smallest absolute Gasteiger partial charge is 0.0908 e. The van der Waals surface area contributed by atoms with Crippen LogP contribution >= 0.6 is 0 Å². The van der Waals surface area contributed by atoms with Gasteiger partial charge in [0, 0.05) is 6.08 Å². The topological polar surface area (TPSA) is 23.8 Å². The van der Waals surface area contributed by atoms with Gasteiger partial charge in [-0.25, -0.2) is 0 Å². The van der Waals surface area contributed by atoms with Crippen molar-refractivity contribution in [3.8, 4) is 6.07 Å². The summed E-state index contributed by atoms with van der Waals surface area (Å²) in [5.74, 6) is 0. The molecule has 0 aromatic rings. The molecular weight excluding hydrogens is 362 g/mol. The first-order valence-corrected chi connectivity index (χ1v) is 11.7. The molecule has 0 atom stereocenters. The zero-order chi connectivity index (χ0) is 22.6. The Morgan fingerprint density at radius 3 is 1.30 bits per heavy atom. The van der Waals surface area contributed by atoms with E-state index in [1.807, 2.05) is 12.1 Å². The molecule has 0 aliphatic heterocycles. The Bertz CT molecular complexity index is 682.